The maximum absolute atomic E-state index is 8.64. The molecule has 0 saturated heterocycles. The van der Waals surface area contributed by atoms with E-state index in [1.165, 1.54) is 0 Å². The molecule has 1 aromatic rings. The number of hydrogen-bond acceptors (Lipinski definition) is 2. The van der Waals surface area contributed by atoms with Crippen molar-refractivity contribution in [1.29, 1.82) is 5.26 Å². The van der Waals surface area contributed by atoms with E-state index in [1.54, 1.807) is 0 Å². The number of nitrogens with one attached hydrogen (secondary N) is 1. The highest BCUT2D eigenvalue weighted by atomic mass is 79.9. The summed E-state index contributed by atoms with van der Waals surface area (Å²) in [6.45, 7) is 2.82. The van der Waals surface area contributed by atoms with E-state index in [2.05, 4.69) is 34.2 Å². The van der Waals surface area contributed by atoms with Crippen LogP contribution in [0.25, 0.3) is 0 Å². The van der Waals surface area contributed by atoms with Crippen LogP contribution in [-0.2, 0) is 6.54 Å². The van der Waals surface area contributed by atoms with Crippen molar-refractivity contribution in [2.45, 2.75) is 32.4 Å². The predicted octanol–water partition coefficient (Wildman–Crippen LogP) is 3.88. The van der Waals surface area contributed by atoms with Crippen LogP contribution >= 0.6 is 27.5 Å². The van der Waals surface area contributed by atoms with E-state index in [9.17, 15) is 0 Å². The number of hydrogen-bond donors (Lipinski definition) is 1. The molecule has 0 bridgehead atoms. The Kier molecular flexibility index (Phi) is 5.83. The third kappa shape index (κ3) is 4.13. The molecule has 1 aromatic carbocycles. The van der Waals surface area contributed by atoms with Gasteiger partial charge in [-0.15, -0.1) is 0 Å². The molecule has 1 atom stereocenters. The minimum absolute atomic E-state index is 0.257. The maximum atomic E-state index is 8.64. The van der Waals surface area contributed by atoms with Crippen molar-refractivity contribution in [3.05, 3.63) is 33.3 Å². The van der Waals surface area contributed by atoms with Crippen molar-refractivity contribution in [2.75, 3.05) is 0 Å². The second-order valence-electron chi connectivity index (χ2n) is 3.58. The Bertz CT molecular complexity index is 387. The lowest BCUT2D eigenvalue weighted by Gasteiger charge is -2.14. The van der Waals surface area contributed by atoms with Gasteiger partial charge in [0.25, 0.3) is 0 Å². The average Bonchev–Trinajstić information content (AvgIpc) is 2.26. The Morgan fingerprint density at radius 1 is 1.56 bits per heavy atom. The molecule has 0 saturated carbocycles. The topological polar surface area (TPSA) is 35.8 Å². The number of nitrogens with zero attached hydrogens (tertiary/aromatic N) is 1. The van der Waals surface area contributed by atoms with Crippen LogP contribution in [0.1, 0.15) is 25.3 Å². The number of nitriles is 1. The van der Waals surface area contributed by atoms with Crippen LogP contribution in [0.4, 0.5) is 0 Å². The van der Waals surface area contributed by atoms with Crippen molar-refractivity contribution in [3.8, 4) is 6.07 Å². The van der Waals surface area contributed by atoms with Crippen molar-refractivity contribution >= 4 is 27.5 Å². The van der Waals surface area contributed by atoms with Crippen molar-refractivity contribution in [2.24, 2.45) is 0 Å². The first-order valence-electron chi connectivity index (χ1n) is 5.21. The summed E-state index contributed by atoms with van der Waals surface area (Å²) in [4.78, 5) is 0. The molecule has 0 aliphatic rings. The summed E-state index contributed by atoms with van der Waals surface area (Å²) in [5.41, 5.74) is 1.15. The van der Waals surface area contributed by atoms with Gasteiger partial charge in [0.05, 0.1) is 12.5 Å². The monoisotopic (exact) mass is 300 g/mol. The van der Waals surface area contributed by atoms with Gasteiger partial charge in [-0.3, -0.25) is 0 Å². The van der Waals surface area contributed by atoms with Gasteiger partial charge in [0.1, 0.15) is 0 Å². The fraction of sp³-hybridized carbons (Fsp3) is 0.417. The predicted molar refractivity (Wildman–Crippen MR) is 70.3 cm³/mol. The van der Waals surface area contributed by atoms with Gasteiger partial charge < -0.3 is 5.32 Å². The van der Waals surface area contributed by atoms with Gasteiger partial charge in [0, 0.05) is 22.1 Å². The fourth-order valence-electron chi connectivity index (χ4n) is 1.39. The molecule has 0 heterocycles. The third-order valence-corrected chi connectivity index (χ3v) is 3.40. The van der Waals surface area contributed by atoms with Gasteiger partial charge in [-0.25, -0.2) is 0 Å². The minimum Gasteiger partial charge on any atom is -0.309 e. The standard InChI is InChI=1S/C12H14BrClN2/c1-2-11(5-6-15)16-8-9-3-4-10(14)7-12(9)13/h3-4,7,11,16H,2,5,8H2,1H3. The zero-order valence-electron chi connectivity index (χ0n) is 9.13. The van der Waals surface area contributed by atoms with E-state index in [0.29, 0.717) is 6.42 Å². The Morgan fingerprint density at radius 2 is 2.31 bits per heavy atom. The van der Waals surface area contributed by atoms with Crippen LogP contribution in [0, 0.1) is 11.3 Å². The van der Waals surface area contributed by atoms with Gasteiger partial charge in [-0.05, 0) is 24.1 Å². The molecule has 0 aromatic heterocycles. The van der Waals surface area contributed by atoms with Gasteiger partial charge in [-0.1, -0.05) is 40.5 Å². The summed E-state index contributed by atoms with van der Waals surface area (Å²) >= 11 is 9.33. The molecule has 0 aliphatic heterocycles. The van der Waals surface area contributed by atoms with Gasteiger partial charge >= 0.3 is 0 Å². The maximum Gasteiger partial charge on any atom is 0.0638 e. The Hall–Kier alpha value is -0.560. The first-order chi connectivity index (χ1) is 7.67. The number of benzene rings is 1. The molecule has 0 radical (unpaired) electrons. The van der Waals surface area contributed by atoms with E-state index in [4.69, 9.17) is 16.9 Å². The molecule has 2 nitrogen and oxygen atoms in total. The van der Waals surface area contributed by atoms with Crippen molar-refractivity contribution in [1.82, 2.24) is 5.32 Å². The van der Waals surface area contributed by atoms with E-state index in [0.717, 1.165) is 28.0 Å². The highest BCUT2D eigenvalue weighted by Crippen LogP contribution is 2.21. The zero-order chi connectivity index (χ0) is 12.0. The van der Waals surface area contributed by atoms with Gasteiger partial charge in [0.15, 0.2) is 0 Å². The fourth-order valence-corrected chi connectivity index (χ4v) is 2.21. The number of rotatable bonds is 5. The van der Waals surface area contributed by atoms with Crippen LogP contribution in [0.3, 0.4) is 0 Å². The molecule has 16 heavy (non-hydrogen) atoms. The third-order valence-electron chi connectivity index (χ3n) is 2.43. The van der Waals surface area contributed by atoms with Crippen LogP contribution < -0.4 is 5.32 Å². The van der Waals surface area contributed by atoms with E-state index >= 15 is 0 Å². The first kappa shape index (κ1) is 13.5. The largest absolute Gasteiger partial charge is 0.309 e. The molecule has 1 N–H and O–H groups in total. The zero-order valence-corrected chi connectivity index (χ0v) is 11.5. The summed E-state index contributed by atoms with van der Waals surface area (Å²) in [6.07, 6.45) is 1.50. The van der Waals surface area contributed by atoms with Gasteiger partial charge in [0.2, 0.25) is 0 Å². The Labute approximate surface area is 110 Å². The molecular formula is C12H14BrClN2. The molecule has 4 heteroatoms. The molecule has 0 fully saturated rings. The summed E-state index contributed by atoms with van der Waals surface area (Å²) in [5.74, 6) is 0. The summed E-state index contributed by atoms with van der Waals surface area (Å²) in [7, 11) is 0. The number of halogens is 2. The van der Waals surface area contributed by atoms with Crippen LogP contribution in [0.2, 0.25) is 5.02 Å². The normalized spacial score (nSPS) is 12.1. The highest BCUT2D eigenvalue weighted by molar-refractivity contribution is 9.10. The van der Waals surface area contributed by atoms with Crippen LogP contribution in [0.5, 0.6) is 0 Å². The average molecular weight is 302 g/mol. The summed E-state index contributed by atoms with van der Waals surface area (Å²) in [5, 5.41) is 12.7. The Balaban J connectivity index is 2.57. The van der Waals surface area contributed by atoms with Crippen molar-refractivity contribution in [3.63, 3.8) is 0 Å². The van der Waals surface area contributed by atoms with Crippen LogP contribution in [-0.4, -0.2) is 6.04 Å². The lowest BCUT2D eigenvalue weighted by Crippen LogP contribution is -2.27. The molecule has 1 rings (SSSR count). The minimum atomic E-state index is 0.257. The van der Waals surface area contributed by atoms with E-state index in [1.807, 2.05) is 18.2 Å². The molecule has 0 spiro atoms. The lowest BCUT2D eigenvalue weighted by atomic mass is 10.1. The Morgan fingerprint density at radius 3 is 2.88 bits per heavy atom. The van der Waals surface area contributed by atoms with E-state index in [-0.39, 0.29) is 6.04 Å². The molecule has 0 amide bonds. The quantitative estimate of drug-likeness (QED) is 0.895. The highest BCUT2D eigenvalue weighted by Gasteiger charge is 2.06. The first-order valence-corrected chi connectivity index (χ1v) is 6.38. The molecular weight excluding hydrogens is 288 g/mol. The molecule has 1 unspecified atom stereocenters. The van der Waals surface area contributed by atoms with Gasteiger partial charge in [-0.2, -0.15) is 5.26 Å². The lowest BCUT2D eigenvalue weighted by molar-refractivity contribution is 0.504. The summed E-state index contributed by atoms with van der Waals surface area (Å²) < 4.78 is 0.999. The summed E-state index contributed by atoms with van der Waals surface area (Å²) in [6, 6.07) is 8.17. The molecule has 0 aliphatic carbocycles. The SMILES string of the molecule is CCC(CC#N)NCc1ccc(Cl)cc1Br. The van der Waals surface area contributed by atoms with E-state index < -0.39 is 0 Å². The second kappa shape index (κ2) is 6.90. The smallest absolute Gasteiger partial charge is 0.0638 e. The molecule has 86 valence electrons. The second-order valence-corrected chi connectivity index (χ2v) is 4.87. The van der Waals surface area contributed by atoms with Crippen LogP contribution in [0.15, 0.2) is 22.7 Å². The van der Waals surface area contributed by atoms with Crippen molar-refractivity contribution < 1.29 is 0 Å².